The number of fused-ring (bicyclic) bond motifs is 1. The van der Waals surface area contributed by atoms with Crippen LogP contribution in [0.4, 0.5) is 15.9 Å². The molecule has 196 valence electrons. The molecule has 1 aromatic carbocycles. The van der Waals surface area contributed by atoms with Crippen LogP contribution in [0.2, 0.25) is 5.02 Å². The molecule has 2 aromatic rings. The number of carbonyl (C=O) groups is 1. The zero-order valence-corrected chi connectivity index (χ0v) is 21.6. The fraction of sp³-hybridized carbons (Fsp3) is 0.480. The number of anilines is 2. The molecule has 0 aliphatic heterocycles. The monoisotopic (exact) mass is 519 g/mol. The number of aromatic nitrogens is 2. The Morgan fingerprint density at radius 1 is 1.39 bits per heavy atom. The quantitative estimate of drug-likeness (QED) is 0.186. The highest BCUT2D eigenvalue weighted by molar-refractivity contribution is 6.31. The number of aryl methyl sites for hydroxylation is 1. The zero-order chi connectivity index (χ0) is 26.6. The third kappa shape index (κ3) is 5.82. The average Bonchev–Trinajstić information content (AvgIpc) is 3.45. The molecule has 11 heteroatoms. The molecule has 2 fully saturated rings. The molecule has 0 radical (unpaired) electrons. The van der Waals surface area contributed by atoms with E-state index in [0.29, 0.717) is 48.3 Å². The van der Waals surface area contributed by atoms with E-state index in [0.717, 1.165) is 30.5 Å². The van der Waals surface area contributed by atoms with E-state index in [9.17, 15) is 14.3 Å². The molecule has 2 saturated carbocycles. The number of aliphatic hydroxyl groups is 1. The van der Waals surface area contributed by atoms with Crippen LogP contribution in [-0.4, -0.2) is 46.2 Å². The summed E-state index contributed by atoms with van der Waals surface area (Å²) in [5, 5.41) is 29.3. The number of nitrogen functional groups attached to an aromatic ring is 1. The van der Waals surface area contributed by atoms with Gasteiger partial charge in [-0.3, -0.25) is 14.9 Å². The Bertz CT molecular complexity index is 1140. The van der Waals surface area contributed by atoms with Gasteiger partial charge in [0.25, 0.3) is 0 Å². The number of benzene rings is 1. The smallest absolute Gasteiger partial charge is 0.155 e. The van der Waals surface area contributed by atoms with Crippen LogP contribution in [0.3, 0.4) is 0 Å². The standard InChI is InChI=1S/C18H28N6O2.C7H7ClFN/c1-3-22-14(6-15(19)20)18(26)7-11-4-10(5-12(11)8-18)16-13(9-25)17(21)24(2)23-16;1-10-5-2-3-7(9)6(8)4-5/h6,9-12,22,26H,3-5,7-8,21H2,1-2H3,(H3,19,20);2-4,10H,1H3/b14-6-;. The van der Waals surface area contributed by atoms with E-state index < -0.39 is 5.60 Å². The molecule has 2 aliphatic carbocycles. The first-order valence-electron chi connectivity index (χ1n) is 12.0. The van der Waals surface area contributed by atoms with E-state index in [-0.39, 0.29) is 22.6 Å². The minimum absolute atomic E-state index is 0.0658. The van der Waals surface area contributed by atoms with Gasteiger partial charge in [-0.15, -0.1) is 0 Å². The predicted octanol–water partition coefficient (Wildman–Crippen LogP) is 3.40. The minimum atomic E-state index is -0.974. The first-order valence-corrected chi connectivity index (χ1v) is 12.3. The number of hydrogen-bond donors (Lipinski definition) is 6. The number of aldehydes is 1. The molecule has 9 nitrogen and oxygen atoms in total. The molecule has 1 aromatic heterocycles. The Morgan fingerprint density at radius 3 is 2.53 bits per heavy atom. The normalized spacial score (nSPS) is 25.1. The van der Waals surface area contributed by atoms with Gasteiger partial charge in [0.2, 0.25) is 0 Å². The molecule has 0 amide bonds. The number of amidine groups is 1. The lowest BCUT2D eigenvalue weighted by Crippen LogP contribution is -2.37. The summed E-state index contributed by atoms with van der Waals surface area (Å²) in [6.45, 7) is 2.62. The van der Waals surface area contributed by atoms with Gasteiger partial charge in [0.1, 0.15) is 23.1 Å². The lowest BCUT2D eigenvalue weighted by molar-refractivity contribution is 0.0689. The maximum Gasteiger partial charge on any atom is 0.155 e. The largest absolute Gasteiger partial charge is 0.388 e. The van der Waals surface area contributed by atoms with Crippen molar-refractivity contribution in [1.29, 1.82) is 5.41 Å². The summed E-state index contributed by atoms with van der Waals surface area (Å²) in [6.07, 6.45) is 5.32. The molecule has 36 heavy (non-hydrogen) atoms. The lowest BCUT2D eigenvalue weighted by atomic mass is 9.89. The number of nitrogens with two attached hydrogens (primary N) is 2. The van der Waals surface area contributed by atoms with Crippen molar-refractivity contribution in [3.8, 4) is 0 Å². The topological polar surface area (TPSA) is 155 Å². The maximum atomic E-state index is 12.5. The number of hydrogen-bond acceptors (Lipinski definition) is 7. The van der Waals surface area contributed by atoms with E-state index in [1.165, 1.54) is 18.2 Å². The van der Waals surface area contributed by atoms with Crippen LogP contribution in [-0.2, 0) is 7.05 Å². The van der Waals surface area contributed by atoms with Crippen molar-refractivity contribution in [2.24, 2.45) is 24.6 Å². The SMILES string of the molecule is CCN/C(=C\C(=N)N)C1(O)CC2CC(c3nn(C)c(N)c3C=O)CC2C1.CNc1ccc(F)c(Cl)c1. The molecular formula is C25H35ClFN7O2. The Balaban J connectivity index is 0.000000303. The summed E-state index contributed by atoms with van der Waals surface area (Å²) >= 11 is 5.48. The molecule has 1 heterocycles. The number of likely N-dealkylation sites (N-methyl/N-ethyl adjacent to an activating group) is 1. The fourth-order valence-electron chi connectivity index (χ4n) is 5.45. The van der Waals surface area contributed by atoms with E-state index in [1.807, 2.05) is 6.92 Å². The van der Waals surface area contributed by atoms with Gasteiger partial charge < -0.3 is 27.2 Å². The Kier molecular flexibility index (Phi) is 8.63. The summed E-state index contributed by atoms with van der Waals surface area (Å²) in [5.74, 6) is 0.841. The van der Waals surface area contributed by atoms with Gasteiger partial charge in [-0.25, -0.2) is 4.39 Å². The average molecular weight is 520 g/mol. The Morgan fingerprint density at radius 2 is 2.03 bits per heavy atom. The maximum absolute atomic E-state index is 12.5. The van der Waals surface area contributed by atoms with Gasteiger partial charge in [-0.2, -0.15) is 5.10 Å². The van der Waals surface area contributed by atoms with Crippen LogP contribution in [0.15, 0.2) is 30.0 Å². The van der Waals surface area contributed by atoms with Crippen molar-refractivity contribution in [2.75, 3.05) is 24.6 Å². The third-order valence-corrected chi connectivity index (χ3v) is 7.37. The van der Waals surface area contributed by atoms with Crippen molar-refractivity contribution < 1.29 is 14.3 Å². The van der Waals surface area contributed by atoms with Crippen molar-refractivity contribution in [2.45, 2.75) is 44.1 Å². The first-order chi connectivity index (χ1) is 17.0. The molecule has 4 rings (SSSR count). The van der Waals surface area contributed by atoms with Crippen LogP contribution < -0.4 is 22.1 Å². The van der Waals surface area contributed by atoms with Crippen molar-refractivity contribution in [3.63, 3.8) is 0 Å². The first kappa shape index (κ1) is 27.5. The van der Waals surface area contributed by atoms with Gasteiger partial charge in [0, 0.05) is 44.0 Å². The van der Waals surface area contributed by atoms with E-state index in [4.69, 9.17) is 28.5 Å². The third-order valence-electron chi connectivity index (χ3n) is 7.08. The summed E-state index contributed by atoms with van der Waals surface area (Å²) in [7, 11) is 3.50. The number of carbonyl (C=O) groups excluding carboxylic acids is 1. The minimum Gasteiger partial charge on any atom is -0.388 e. The summed E-state index contributed by atoms with van der Waals surface area (Å²) in [5.41, 5.74) is 13.2. The number of rotatable bonds is 7. The second-order valence-corrected chi connectivity index (χ2v) is 9.88. The van der Waals surface area contributed by atoms with Crippen LogP contribution in [0.1, 0.15) is 54.6 Å². The molecular weight excluding hydrogens is 485 g/mol. The van der Waals surface area contributed by atoms with Crippen molar-refractivity contribution in [1.82, 2.24) is 15.1 Å². The highest BCUT2D eigenvalue weighted by Gasteiger charge is 2.51. The highest BCUT2D eigenvalue weighted by atomic mass is 35.5. The van der Waals surface area contributed by atoms with Crippen molar-refractivity contribution >= 4 is 35.2 Å². The van der Waals surface area contributed by atoms with Crippen LogP contribution in [0, 0.1) is 23.1 Å². The highest BCUT2D eigenvalue weighted by Crippen LogP contribution is 2.55. The second-order valence-electron chi connectivity index (χ2n) is 9.48. The van der Waals surface area contributed by atoms with Gasteiger partial charge in [-0.1, -0.05) is 11.6 Å². The van der Waals surface area contributed by atoms with Crippen LogP contribution >= 0.6 is 11.6 Å². The van der Waals surface area contributed by atoms with Crippen molar-refractivity contribution in [3.05, 3.63) is 52.1 Å². The molecule has 0 spiro atoms. The Hall–Kier alpha value is -3.11. The molecule has 2 aliphatic rings. The summed E-state index contributed by atoms with van der Waals surface area (Å²) < 4.78 is 14.0. The van der Waals surface area contributed by atoms with Crippen LogP contribution in [0.5, 0.6) is 0 Å². The predicted molar refractivity (Wildman–Crippen MR) is 141 cm³/mol. The second kappa shape index (κ2) is 11.3. The van der Waals surface area contributed by atoms with E-state index >= 15 is 0 Å². The molecule has 2 atom stereocenters. The Labute approximate surface area is 215 Å². The van der Waals surface area contributed by atoms with E-state index in [2.05, 4.69) is 15.7 Å². The molecule has 2 unspecified atom stereocenters. The molecule has 0 saturated heterocycles. The van der Waals surface area contributed by atoms with Crippen LogP contribution in [0.25, 0.3) is 0 Å². The summed E-state index contributed by atoms with van der Waals surface area (Å²) in [4.78, 5) is 11.4. The number of halogens is 2. The zero-order valence-electron chi connectivity index (χ0n) is 20.8. The molecule has 8 N–H and O–H groups in total. The number of nitrogens with zero attached hydrogens (tertiary/aromatic N) is 2. The lowest BCUT2D eigenvalue weighted by Gasteiger charge is -2.28. The van der Waals surface area contributed by atoms with E-state index in [1.54, 1.807) is 24.8 Å². The number of nitrogens with one attached hydrogen (secondary N) is 3. The fourth-order valence-corrected chi connectivity index (χ4v) is 5.63. The summed E-state index contributed by atoms with van der Waals surface area (Å²) in [6, 6.07) is 4.49. The van der Waals surface area contributed by atoms with Gasteiger partial charge in [0.15, 0.2) is 6.29 Å². The van der Waals surface area contributed by atoms with Gasteiger partial charge >= 0.3 is 0 Å². The van der Waals surface area contributed by atoms with Gasteiger partial charge in [-0.05, 0) is 62.6 Å². The molecule has 0 bridgehead atoms. The van der Waals surface area contributed by atoms with Gasteiger partial charge in [0.05, 0.1) is 16.3 Å².